The highest BCUT2D eigenvalue weighted by Gasteiger charge is 2.26. The number of rotatable bonds is 7. The zero-order chi connectivity index (χ0) is 24.4. The number of halogens is 1. The van der Waals surface area contributed by atoms with Crippen LogP contribution in [0, 0.1) is 6.92 Å². The standard InChI is InChI=1S/C29H28ClNO4/c1-3-4-13-33-22-12-8-11-21(15-22)31-17-25-27-23(16-26(30)28(25)34-18-31)19(2)24(29(32)35-27)14-20-9-6-5-7-10-20/h5-12,15-16H,3-4,13-14,17-18H2,1-2H3. The third-order valence-corrected chi connectivity index (χ3v) is 6.75. The van der Waals surface area contributed by atoms with Gasteiger partial charge in [0.05, 0.1) is 23.7 Å². The van der Waals surface area contributed by atoms with Gasteiger partial charge in [-0.05, 0) is 42.7 Å². The second-order valence-corrected chi connectivity index (χ2v) is 9.28. The maximum absolute atomic E-state index is 13.1. The molecule has 0 amide bonds. The molecule has 0 spiro atoms. The van der Waals surface area contributed by atoms with Crippen LogP contribution in [0.1, 0.15) is 42.0 Å². The van der Waals surface area contributed by atoms with Gasteiger partial charge < -0.3 is 18.8 Å². The van der Waals surface area contributed by atoms with Crippen molar-refractivity contribution in [1.29, 1.82) is 0 Å². The van der Waals surface area contributed by atoms with Gasteiger partial charge in [0.25, 0.3) is 0 Å². The Morgan fingerprint density at radius 2 is 1.91 bits per heavy atom. The van der Waals surface area contributed by atoms with Crippen LogP contribution in [0.3, 0.4) is 0 Å². The summed E-state index contributed by atoms with van der Waals surface area (Å²) in [5, 5.41) is 1.35. The van der Waals surface area contributed by atoms with Crippen molar-refractivity contribution in [2.45, 2.75) is 39.7 Å². The summed E-state index contributed by atoms with van der Waals surface area (Å²) in [5.74, 6) is 1.40. The number of unbranched alkanes of at least 4 members (excludes halogenated alkanes) is 1. The molecule has 2 heterocycles. The fourth-order valence-corrected chi connectivity index (χ4v) is 4.76. The second kappa shape index (κ2) is 10.0. The van der Waals surface area contributed by atoms with E-state index in [2.05, 4.69) is 11.8 Å². The van der Waals surface area contributed by atoms with Gasteiger partial charge >= 0.3 is 5.63 Å². The summed E-state index contributed by atoms with van der Waals surface area (Å²) < 4.78 is 17.9. The fourth-order valence-electron chi connectivity index (χ4n) is 4.49. The number of benzene rings is 3. The molecule has 0 atom stereocenters. The van der Waals surface area contributed by atoms with Gasteiger partial charge in [-0.2, -0.15) is 0 Å². The third-order valence-electron chi connectivity index (χ3n) is 6.47. The lowest BCUT2D eigenvalue weighted by molar-refractivity contribution is 0.288. The zero-order valence-corrected chi connectivity index (χ0v) is 20.7. The molecule has 0 aliphatic carbocycles. The summed E-state index contributed by atoms with van der Waals surface area (Å²) in [4.78, 5) is 15.2. The SMILES string of the molecule is CCCCOc1cccc(N2COc3c(Cl)cc4c(C)c(Cc5ccccc5)c(=O)oc4c3C2)c1. The Bertz CT molecular complexity index is 1410. The first-order valence-electron chi connectivity index (χ1n) is 12.0. The Balaban J connectivity index is 1.51. The first kappa shape index (κ1) is 23.3. The van der Waals surface area contributed by atoms with E-state index in [0.717, 1.165) is 46.4 Å². The number of ether oxygens (including phenoxy) is 2. The molecule has 6 heteroatoms. The smallest absolute Gasteiger partial charge is 0.340 e. The predicted octanol–water partition coefficient (Wildman–Crippen LogP) is 6.88. The number of hydrogen-bond acceptors (Lipinski definition) is 5. The minimum absolute atomic E-state index is 0.327. The minimum atomic E-state index is -0.327. The lowest BCUT2D eigenvalue weighted by atomic mass is 9.97. The molecule has 1 aromatic heterocycles. The molecule has 0 unspecified atom stereocenters. The van der Waals surface area contributed by atoms with Crippen molar-refractivity contribution in [1.82, 2.24) is 0 Å². The van der Waals surface area contributed by atoms with E-state index in [4.69, 9.17) is 25.5 Å². The molecule has 180 valence electrons. The maximum atomic E-state index is 13.1. The van der Waals surface area contributed by atoms with E-state index in [-0.39, 0.29) is 5.63 Å². The average molecular weight is 490 g/mol. The van der Waals surface area contributed by atoms with Gasteiger partial charge in [-0.1, -0.05) is 61.3 Å². The van der Waals surface area contributed by atoms with Crippen LogP contribution >= 0.6 is 11.6 Å². The molecule has 0 bridgehead atoms. The van der Waals surface area contributed by atoms with E-state index in [9.17, 15) is 4.79 Å². The van der Waals surface area contributed by atoms with Crippen LogP contribution in [-0.2, 0) is 13.0 Å². The monoisotopic (exact) mass is 489 g/mol. The van der Waals surface area contributed by atoms with Crippen LogP contribution in [0.25, 0.3) is 11.0 Å². The first-order valence-corrected chi connectivity index (χ1v) is 12.3. The average Bonchev–Trinajstić information content (AvgIpc) is 2.88. The number of anilines is 1. The molecule has 5 nitrogen and oxygen atoms in total. The van der Waals surface area contributed by atoms with E-state index in [0.29, 0.717) is 48.2 Å². The van der Waals surface area contributed by atoms with Crippen molar-refractivity contribution in [3.8, 4) is 11.5 Å². The molecule has 5 rings (SSSR count). The van der Waals surface area contributed by atoms with E-state index in [1.165, 1.54) is 0 Å². The summed E-state index contributed by atoms with van der Waals surface area (Å²) in [5.41, 5.74) is 4.54. The van der Waals surface area contributed by atoms with Crippen LogP contribution in [-0.4, -0.2) is 13.3 Å². The Morgan fingerprint density at radius 3 is 2.71 bits per heavy atom. The Kier molecular flexibility index (Phi) is 6.69. The van der Waals surface area contributed by atoms with E-state index >= 15 is 0 Å². The number of hydrogen-bond donors (Lipinski definition) is 0. The van der Waals surface area contributed by atoms with Gasteiger partial charge in [-0.3, -0.25) is 0 Å². The molecule has 4 aromatic rings. The van der Waals surface area contributed by atoms with Crippen LogP contribution in [0.4, 0.5) is 5.69 Å². The Hall–Kier alpha value is -3.44. The van der Waals surface area contributed by atoms with E-state index in [1.807, 2.05) is 67.6 Å². The van der Waals surface area contributed by atoms with Gasteiger partial charge in [0.15, 0.2) is 6.73 Å². The van der Waals surface area contributed by atoms with Crippen LogP contribution in [0.2, 0.25) is 5.02 Å². The third kappa shape index (κ3) is 4.73. The van der Waals surface area contributed by atoms with Gasteiger partial charge in [-0.25, -0.2) is 4.79 Å². The van der Waals surface area contributed by atoms with Crippen LogP contribution in [0.5, 0.6) is 11.5 Å². The summed E-state index contributed by atoms with van der Waals surface area (Å²) in [6.07, 6.45) is 2.61. The molecular weight excluding hydrogens is 462 g/mol. The number of aryl methyl sites for hydroxylation is 1. The lowest BCUT2D eigenvalue weighted by Crippen LogP contribution is -2.32. The van der Waals surface area contributed by atoms with E-state index in [1.54, 1.807) is 0 Å². The number of fused-ring (bicyclic) bond motifs is 3. The van der Waals surface area contributed by atoms with Gasteiger partial charge in [0.2, 0.25) is 0 Å². The Labute approximate surface area is 209 Å². The highest BCUT2D eigenvalue weighted by Crippen LogP contribution is 2.41. The molecule has 1 aliphatic heterocycles. The van der Waals surface area contributed by atoms with Crippen molar-refractivity contribution < 1.29 is 13.9 Å². The van der Waals surface area contributed by atoms with Crippen molar-refractivity contribution in [2.75, 3.05) is 18.2 Å². The molecule has 0 saturated heterocycles. The van der Waals surface area contributed by atoms with E-state index < -0.39 is 0 Å². The Morgan fingerprint density at radius 1 is 1.09 bits per heavy atom. The molecule has 1 aliphatic rings. The van der Waals surface area contributed by atoms with Crippen LogP contribution in [0.15, 0.2) is 69.9 Å². The molecule has 35 heavy (non-hydrogen) atoms. The number of nitrogens with zero attached hydrogens (tertiary/aromatic N) is 1. The summed E-state index contributed by atoms with van der Waals surface area (Å²) in [6.45, 7) is 5.63. The lowest BCUT2D eigenvalue weighted by Gasteiger charge is -2.32. The fraction of sp³-hybridized carbons (Fsp3) is 0.276. The molecule has 0 radical (unpaired) electrons. The normalized spacial score (nSPS) is 12.9. The van der Waals surface area contributed by atoms with Crippen molar-refractivity contribution in [3.63, 3.8) is 0 Å². The second-order valence-electron chi connectivity index (χ2n) is 8.87. The molecule has 3 aromatic carbocycles. The quantitative estimate of drug-likeness (QED) is 0.209. The maximum Gasteiger partial charge on any atom is 0.340 e. The van der Waals surface area contributed by atoms with Gasteiger partial charge in [0, 0.05) is 29.1 Å². The zero-order valence-electron chi connectivity index (χ0n) is 20.0. The summed E-state index contributed by atoms with van der Waals surface area (Å²) in [6, 6.07) is 19.7. The van der Waals surface area contributed by atoms with Crippen molar-refractivity contribution in [3.05, 3.63) is 98.4 Å². The molecular formula is C29H28ClNO4. The van der Waals surface area contributed by atoms with Gasteiger partial charge in [0.1, 0.15) is 17.1 Å². The summed E-state index contributed by atoms with van der Waals surface area (Å²) in [7, 11) is 0. The van der Waals surface area contributed by atoms with Crippen molar-refractivity contribution in [2.24, 2.45) is 0 Å². The molecule has 0 fully saturated rings. The van der Waals surface area contributed by atoms with Crippen LogP contribution < -0.4 is 20.0 Å². The topological polar surface area (TPSA) is 51.9 Å². The summed E-state index contributed by atoms with van der Waals surface area (Å²) >= 11 is 6.65. The highest BCUT2D eigenvalue weighted by molar-refractivity contribution is 6.33. The predicted molar refractivity (Wildman–Crippen MR) is 140 cm³/mol. The van der Waals surface area contributed by atoms with Crippen molar-refractivity contribution >= 4 is 28.3 Å². The molecule has 0 N–H and O–H groups in total. The highest BCUT2D eigenvalue weighted by atomic mass is 35.5. The molecule has 0 saturated carbocycles. The largest absolute Gasteiger partial charge is 0.494 e. The minimum Gasteiger partial charge on any atom is -0.494 e. The van der Waals surface area contributed by atoms with Gasteiger partial charge in [-0.15, -0.1) is 0 Å². The first-order chi connectivity index (χ1) is 17.0.